The maximum absolute atomic E-state index is 5.54. The lowest BCUT2D eigenvalue weighted by molar-refractivity contribution is 0.340. The summed E-state index contributed by atoms with van der Waals surface area (Å²) in [5.74, 6) is 0.904. The number of aromatic nitrogens is 2. The topological polar surface area (TPSA) is 38.6 Å². The minimum atomic E-state index is 0.684. The van der Waals surface area contributed by atoms with Crippen molar-refractivity contribution in [2.75, 3.05) is 18.5 Å². The van der Waals surface area contributed by atoms with Crippen LogP contribution in [0.25, 0.3) is 27.5 Å². The fraction of sp³-hybridized carbons (Fsp3) is 0.190. The van der Waals surface area contributed by atoms with Crippen LogP contribution >= 0.6 is 11.3 Å². The highest BCUT2D eigenvalue weighted by Crippen LogP contribution is 2.32. The van der Waals surface area contributed by atoms with Crippen molar-refractivity contribution in [1.29, 1.82) is 0 Å². The number of nitrogens with zero attached hydrogens (tertiary/aromatic N) is 2. The van der Waals surface area contributed by atoms with E-state index in [4.69, 9.17) is 9.72 Å². The van der Waals surface area contributed by atoms with Crippen LogP contribution in [-0.4, -0.2) is 22.5 Å². The van der Waals surface area contributed by atoms with E-state index in [1.165, 1.54) is 22.4 Å². The first-order valence-corrected chi connectivity index (χ1v) is 9.77. The molecule has 1 aliphatic rings. The molecule has 1 N–H and O–H groups in total. The van der Waals surface area contributed by atoms with Gasteiger partial charge in [-0.1, -0.05) is 6.07 Å². The smallest absolute Gasteiger partial charge is 0.194 e. The third kappa shape index (κ3) is 2.56. The van der Waals surface area contributed by atoms with Crippen molar-refractivity contribution < 1.29 is 4.74 Å². The number of imidazole rings is 1. The van der Waals surface area contributed by atoms with Gasteiger partial charge in [-0.25, -0.2) is 4.98 Å². The van der Waals surface area contributed by atoms with Crippen molar-refractivity contribution in [2.24, 2.45) is 0 Å². The summed E-state index contributed by atoms with van der Waals surface area (Å²) in [6, 6.07) is 14.8. The van der Waals surface area contributed by atoms with Crippen LogP contribution in [0.15, 0.2) is 54.0 Å². The lowest BCUT2D eigenvalue weighted by Gasteiger charge is -2.04. The summed E-state index contributed by atoms with van der Waals surface area (Å²) in [4.78, 5) is 5.85. The van der Waals surface area contributed by atoms with Crippen molar-refractivity contribution in [3.8, 4) is 28.3 Å². The second-order valence-corrected chi connectivity index (χ2v) is 7.24. The highest BCUT2D eigenvalue weighted by molar-refractivity contribution is 7.15. The Hall–Kier alpha value is -2.79. The highest BCUT2D eigenvalue weighted by Gasteiger charge is 2.14. The van der Waals surface area contributed by atoms with Gasteiger partial charge in [0.1, 0.15) is 5.75 Å². The molecule has 0 amide bonds. The van der Waals surface area contributed by atoms with Crippen LogP contribution in [0.1, 0.15) is 12.5 Å². The Morgan fingerprint density at radius 3 is 2.85 bits per heavy atom. The second kappa shape index (κ2) is 6.18. The zero-order chi connectivity index (χ0) is 17.5. The van der Waals surface area contributed by atoms with Gasteiger partial charge >= 0.3 is 0 Å². The molecule has 0 saturated heterocycles. The molecular weight excluding hydrogens is 342 g/mol. The molecule has 0 saturated carbocycles. The van der Waals surface area contributed by atoms with E-state index in [-0.39, 0.29) is 0 Å². The van der Waals surface area contributed by atoms with Gasteiger partial charge < -0.3 is 10.1 Å². The van der Waals surface area contributed by atoms with Crippen molar-refractivity contribution in [3.05, 3.63) is 59.6 Å². The van der Waals surface area contributed by atoms with Gasteiger partial charge in [0.25, 0.3) is 0 Å². The van der Waals surface area contributed by atoms with Crippen molar-refractivity contribution >= 4 is 22.0 Å². The Balaban J connectivity index is 1.53. The number of hydrogen-bond acceptors (Lipinski definition) is 4. The molecular formula is C21H19N3OS. The fourth-order valence-corrected chi connectivity index (χ4v) is 4.37. The minimum absolute atomic E-state index is 0.684. The monoisotopic (exact) mass is 361 g/mol. The first-order chi connectivity index (χ1) is 12.8. The van der Waals surface area contributed by atoms with Crippen LogP contribution in [0.5, 0.6) is 5.75 Å². The van der Waals surface area contributed by atoms with E-state index in [9.17, 15) is 0 Å². The lowest BCUT2D eigenvalue weighted by atomic mass is 10.1. The summed E-state index contributed by atoms with van der Waals surface area (Å²) in [7, 11) is 0. The molecule has 5 heteroatoms. The fourth-order valence-electron chi connectivity index (χ4n) is 3.48. The summed E-state index contributed by atoms with van der Waals surface area (Å²) >= 11 is 1.67. The van der Waals surface area contributed by atoms with Gasteiger partial charge in [-0.2, -0.15) is 0 Å². The van der Waals surface area contributed by atoms with Gasteiger partial charge in [0.05, 0.1) is 18.0 Å². The molecule has 5 rings (SSSR count). The van der Waals surface area contributed by atoms with Crippen molar-refractivity contribution in [2.45, 2.75) is 13.3 Å². The third-order valence-corrected chi connectivity index (χ3v) is 5.62. The zero-order valence-corrected chi connectivity index (χ0v) is 15.3. The predicted molar refractivity (Wildman–Crippen MR) is 107 cm³/mol. The SMILES string of the molecule is CCOc1ccc(-c2csc3nc(-c4ccc5c(c4)CCN5)cn23)cc1. The molecule has 3 heterocycles. The summed E-state index contributed by atoms with van der Waals surface area (Å²) < 4.78 is 7.72. The second-order valence-electron chi connectivity index (χ2n) is 6.41. The van der Waals surface area contributed by atoms with Gasteiger partial charge in [0.2, 0.25) is 0 Å². The molecule has 1 aliphatic heterocycles. The summed E-state index contributed by atoms with van der Waals surface area (Å²) in [5, 5.41) is 5.57. The highest BCUT2D eigenvalue weighted by atomic mass is 32.1. The minimum Gasteiger partial charge on any atom is -0.494 e. The van der Waals surface area contributed by atoms with Gasteiger partial charge in [-0.05, 0) is 60.9 Å². The maximum Gasteiger partial charge on any atom is 0.194 e. The Kier molecular flexibility index (Phi) is 3.68. The summed E-state index contributed by atoms with van der Waals surface area (Å²) in [6.07, 6.45) is 3.23. The average Bonchev–Trinajstić information content (AvgIpc) is 3.37. The molecule has 26 heavy (non-hydrogen) atoms. The molecule has 2 aromatic carbocycles. The Morgan fingerprint density at radius 1 is 1.15 bits per heavy atom. The summed E-state index contributed by atoms with van der Waals surface area (Å²) in [5.41, 5.74) is 7.17. The van der Waals surface area contributed by atoms with Crippen molar-refractivity contribution in [1.82, 2.24) is 9.38 Å². The zero-order valence-electron chi connectivity index (χ0n) is 14.5. The number of anilines is 1. The first-order valence-electron chi connectivity index (χ1n) is 8.89. The molecule has 2 aromatic heterocycles. The number of nitrogens with one attached hydrogen (secondary N) is 1. The Bertz CT molecular complexity index is 1080. The number of ether oxygens (including phenoxy) is 1. The molecule has 0 aliphatic carbocycles. The van der Waals surface area contributed by atoms with Gasteiger partial charge in [0, 0.05) is 29.4 Å². The quantitative estimate of drug-likeness (QED) is 0.550. The number of thiazole rings is 1. The van der Waals surface area contributed by atoms with Crippen LogP contribution in [0.2, 0.25) is 0 Å². The molecule has 4 aromatic rings. The molecule has 0 atom stereocenters. The largest absolute Gasteiger partial charge is 0.494 e. The number of hydrogen-bond donors (Lipinski definition) is 1. The average molecular weight is 361 g/mol. The molecule has 0 bridgehead atoms. The van der Waals surface area contributed by atoms with E-state index in [2.05, 4.69) is 51.6 Å². The van der Waals surface area contributed by atoms with Crippen molar-refractivity contribution in [3.63, 3.8) is 0 Å². The summed E-state index contributed by atoms with van der Waals surface area (Å²) in [6.45, 7) is 3.71. The van der Waals surface area contributed by atoms with Gasteiger partial charge in [-0.15, -0.1) is 11.3 Å². The Labute approximate surface area is 156 Å². The van der Waals surface area contributed by atoms with Crippen LogP contribution in [-0.2, 0) is 6.42 Å². The number of fused-ring (bicyclic) bond motifs is 2. The number of benzene rings is 2. The standard InChI is InChI=1S/C21H19N3OS/c1-2-25-17-6-3-14(4-7-17)20-13-26-21-23-19(12-24(20)21)15-5-8-18-16(11-15)9-10-22-18/h3-8,11-13,22H,2,9-10H2,1H3. The predicted octanol–water partition coefficient (Wildman–Crippen LogP) is 5.10. The molecule has 130 valence electrons. The molecule has 0 unspecified atom stereocenters. The van der Waals surface area contributed by atoms with Gasteiger partial charge in [0.15, 0.2) is 4.96 Å². The third-order valence-electron chi connectivity index (χ3n) is 4.78. The van der Waals surface area contributed by atoms with E-state index in [0.717, 1.165) is 35.1 Å². The van der Waals surface area contributed by atoms with E-state index in [0.29, 0.717) is 6.61 Å². The lowest BCUT2D eigenvalue weighted by Crippen LogP contribution is -1.91. The van der Waals surface area contributed by atoms with Crippen LogP contribution in [0.4, 0.5) is 5.69 Å². The molecule has 0 fully saturated rings. The molecule has 0 radical (unpaired) electrons. The Morgan fingerprint density at radius 2 is 2.00 bits per heavy atom. The van der Waals surface area contributed by atoms with Crippen LogP contribution < -0.4 is 10.1 Å². The number of rotatable bonds is 4. The van der Waals surface area contributed by atoms with Crippen LogP contribution in [0, 0.1) is 0 Å². The van der Waals surface area contributed by atoms with E-state index >= 15 is 0 Å². The first kappa shape index (κ1) is 15.5. The van der Waals surface area contributed by atoms with Crippen LogP contribution in [0.3, 0.4) is 0 Å². The molecule has 0 spiro atoms. The molecule has 4 nitrogen and oxygen atoms in total. The van der Waals surface area contributed by atoms with E-state index in [1.807, 2.05) is 19.1 Å². The van der Waals surface area contributed by atoms with Gasteiger partial charge in [-0.3, -0.25) is 4.40 Å². The van der Waals surface area contributed by atoms with E-state index in [1.54, 1.807) is 11.3 Å². The maximum atomic E-state index is 5.54. The van der Waals surface area contributed by atoms with E-state index < -0.39 is 0 Å². The normalized spacial score (nSPS) is 13.0.